The number of carbonyl (C=O) groups excluding carboxylic acids is 1. The number of benzene rings is 1. The van der Waals surface area contributed by atoms with Crippen molar-refractivity contribution >= 4 is 22.4 Å². The third kappa shape index (κ3) is 2.47. The lowest BCUT2D eigenvalue weighted by Crippen LogP contribution is -2.51. The summed E-state index contributed by atoms with van der Waals surface area (Å²) in [6.07, 6.45) is 3.62. The third-order valence-electron chi connectivity index (χ3n) is 4.58. The number of hydrogen-bond acceptors (Lipinski definition) is 4. The second kappa shape index (κ2) is 5.76. The van der Waals surface area contributed by atoms with Crippen LogP contribution in [0, 0.1) is 6.92 Å². The van der Waals surface area contributed by atoms with Crippen molar-refractivity contribution in [3.63, 3.8) is 0 Å². The lowest BCUT2D eigenvalue weighted by atomic mass is 10.00. The van der Waals surface area contributed by atoms with E-state index in [2.05, 4.69) is 32.7 Å². The van der Waals surface area contributed by atoms with Crippen molar-refractivity contribution < 1.29 is 4.79 Å². The number of aromatic nitrogens is 2. The molecule has 0 unspecified atom stereocenters. The maximum Gasteiger partial charge on any atom is 0.162 e. The van der Waals surface area contributed by atoms with Crippen LogP contribution in [0.15, 0.2) is 36.7 Å². The summed E-state index contributed by atoms with van der Waals surface area (Å²) in [4.78, 5) is 19.7. The Morgan fingerprint density at radius 2 is 2.12 bits per heavy atom. The van der Waals surface area contributed by atoms with Crippen LogP contribution >= 0.6 is 0 Å². The Morgan fingerprint density at radius 3 is 2.75 bits per heavy atom. The molecular formula is C19H20N4O. The van der Waals surface area contributed by atoms with E-state index in [0.717, 1.165) is 52.1 Å². The first-order valence-corrected chi connectivity index (χ1v) is 8.18. The molecule has 3 N–H and O–H groups in total. The Morgan fingerprint density at radius 1 is 1.29 bits per heavy atom. The van der Waals surface area contributed by atoms with Crippen LogP contribution in [0.1, 0.15) is 23.0 Å². The molecule has 5 nitrogen and oxygen atoms in total. The Labute approximate surface area is 140 Å². The Bertz CT molecular complexity index is 910. The molecule has 1 saturated heterocycles. The van der Waals surface area contributed by atoms with Crippen LogP contribution in [0.4, 0.5) is 5.69 Å². The number of nitrogens with zero attached hydrogens (tertiary/aromatic N) is 1. The van der Waals surface area contributed by atoms with Gasteiger partial charge in [0.2, 0.25) is 0 Å². The van der Waals surface area contributed by atoms with Crippen molar-refractivity contribution in [2.75, 3.05) is 18.4 Å². The van der Waals surface area contributed by atoms with Crippen LogP contribution in [0.3, 0.4) is 0 Å². The first-order valence-electron chi connectivity index (χ1n) is 8.18. The highest BCUT2D eigenvalue weighted by atomic mass is 16.1. The summed E-state index contributed by atoms with van der Waals surface area (Å²) in [5.74, 6) is 0.0818. The topological polar surface area (TPSA) is 69.8 Å². The van der Waals surface area contributed by atoms with Gasteiger partial charge in [-0.2, -0.15) is 0 Å². The second-order valence-electron chi connectivity index (χ2n) is 6.37. The Kier molecular flexibility index (Phi) is 3.58. The molecule has 122 valence electrons. The van der Waals surface area contributed by atoms with Crippen LogP contribution in [0.25, 0.3) is 22.0 Å². The summed E-state index contributed by atoms with van der Waals surface area (Å²) >= 11 is 0. The smallest absolute Gasteiger partial charge is 0.162 e. The number of H-pyrrole nitrogens is 1. The molecule has 3 heterocycles. The van der Waals surface area contributed by atoms with Gasteiger partial charge in [-0.05, 0) is 37.6 Å². The number of aryl methyl sites for hydroxylation is 1. The molecule has 1 aliphatic heterocycles. The number of carbonyl (C=O) groups is 1. The third-order valence-corrected chi connectivity index (χ3v) is 4.58. The van der Waals surface area contributed by atoms with E-state index in [9.17, 15) is 4.79 Å². The van der Waals surface area contributed by atoms with Crippen molar-refractivity contribution in [1.29, 1.82) is 0 Å². The van der Waals surface area contributed by atoms with Crippen LogP contribution in [0.5, 0.6) is 0 Å². The van der Waals surface area contributed by atoms with E-state index in [1.165, 1.54) is 0 Å². The highest BCUT2D eigenvalue weighted by Crippen LogP contribution is 2.34. The van der Waals surface area contributed by atoms with Gasteiger partial charge in [0.15, 0.2) is 5.78 Å². The molecule has 0 aliphatic carbocycles. The monoisotopic (exact) mass is 320 g/mol. The van der Waals surface area contributed by atoms with Crippen LogP contribution in [-0.2, 0) is 0 Å². The van der Waals surface area contributed by atoms with Gasteiger partial charge in [0.05, 0.1) is 17.2 Å². The van der Waals surface area contributed by atoms with Crippen LogP contribution < -0.4 is 10.6 Å². The first kappa shape index (κ1) is 14.9. The zero-order valence-electron chi connectivity index (χ0n) is 13.8. The van der Waals surface area contributed by atoms with Crippen molar-refractivity contribution in [2.24, 2.45) is 0 Å². The van der Waals surface area contributed by atoms with Crippen molar-refractivity contribution in [3.05, 3.63) is 47.9 Å². The number of hydrogen-bond donors (Lipinski definition) is 3. The van der Waals surface area contributed by atoms with Crippen molar-refractivity contribution in [1.82, 2.24) is 15.3 Å². The van der Waals surface area contributed by atoms with Gasteiger partial charge in [-0.15, -0.1) is 0 Å². The summed E-state index contributed by atoms with van der Waals surface area (Å²) < 4.78 is 0. The highest BCUT2D eigenvalue weighted by molar-refractivity contribution is 6.11. The van der Waals surface area contributed by atoms with E-state index in [4.69, 9.17) is 0 Å². The van der Waals surface area contributed by atoms with Gasteiger partial charge in [0.1, 0.15) is 0 Å². The fourth-order valence-corrected chi connectivity index (χ4v) is 3.30. The number of anilines is 1. The molecule has 3 aromatic rings. The number of fused-ring (bicyclic) bond motifs is 1. The van der Waals surface area contributed by atoms with E-state index in [0.29, 0.717) is 6.04 Å². The minimum Gasteiger partial charge on any atom is -0.378 e. The number of rotatable bonds is 4. The summed E-state index contributed by atoms with van der Waals surface area (Å²) in [6.45, 7) is 5.49. The van der Waals surface area contributed by atoms with Gasteiger partial charge in [-0.1, -0.05) is 6.07 Å². The fraction of sp³-hybridized carbons (Fsp3) is 0.263. The maximum atomic E-state index is 12.1. The molecule has 0 amide bonds. The van der Waals surface area contributed by atoms with Gasteiger partial charge >= 0.3 is 0 Å². The second-order valence-corrected chi connectivity index (χ2v) is 6.37. The first-order chi connectivity index (χ1) is 11.6. The molecule has 0 atom stereocenters. The average molecular weight is 320 g/mol. The lowest BCUT2D eigenvalue weighted by molar-refractivity contribution is 0.101. The summed E-state index contributed by atoms with van der Waals surface area (Å²) in [5.41, 5.74) is 5.82. The molecule has 4 rings (SSSR count). The van der Waals surface area contributed by atoms with Gasteiger partial charge in [-0.25, -0.2) is 0 Å². The van der Waals surface area contributed by atoms with E-state index < -0.39 is 0 Å². The molecule has 1 fully saturated rings. The minimum absolute atomic E-state index is 0.0818. The molecule has 1 aromatic carbocycles. The van der Waals surface area contributed by atoms with E-state index in [1.54, 1.807) is 13.1 Å². The zero-order valence-corrected chi connectivity index (χ0v) is 13.8. The molecule has 24 heavy (non-hydrogen) atoms. The number of pyridine rings is 1. The molecule has 2 aromatic heterocycles. The summed E-state index contributed by atoms with van der Waals surface area (Å²) in [5, 5.41) is 7.83. The predicted octanol–water partition coefficient (Wildman–Crippen LogP) is 3.12. The van der Waals surface area contributed by atoms with Gasteiger partial charge < -0.3 is 15.6 Å². The fourth-order valence-electron chi connectivity index (χ4n) is 3.30. The highest BCUT2D eigenvalue weighted by Gasteiger charge is 2.21. The molecule has 0 bridgehead atoms. The minimum atomic E-state index is 0.0818. The normalized spacial score (nSPS) is 14.6. The van der Waals surface area contributed by atoms with Crippen molar-refractivity contribution in [3.8, 4) is 11.1 Å². The van der Waals surface area contributed by atoms with Gasteiger partial charge in [0.25, 0.3) is 0 Å². The molecular weight excluding hydrogens is 300 g/mol. The lowest BCUT2D eigenvalue weighted by Gasteiger charge is -2.29. The molecule has 5 heteroatoms. The molecule has 0 saturated carbocycles. The number of nitrogens with one attached hydrogen (secondary N) is 3. The maximum absolute atomic E-state index is 12.1. The number of ketones is 1. The van der Waals surface area contributed by atoms with Crippen LogP contribution in [-0.4, -0.2) is 34.9 Å². The summed E-state index contributed by atoms with van der Waals surface area (Å²) in [6, 6.07) is 8.60. The SMILES string of the molecule is CC(=O)c1c(C)[nH]c2c(NC3CNC3)cc(-c3cccnc3)cc12. The standard InChI is InChI=1S/C19H20N4O/c1-11-18(12(2)24)16-6-14(13-4-3-5-20-8-13)7-17(19(16)22-11)23-15-9-21-10-15/h3-8,15,21-23H,9-10H2,1-2H3. The molecule has 0 spiro atoms. The Balaban J connectivity index is 1.93. The zero-order chi connectivity index (χ0) is 16.7. The van der Waals surface area contributed by atoms with Gasteiger partial charge in [-0.3, -0.25) is 9.78 Å². The molecule has 1 aliphatic rings. The molecule has 0 radical (unpaired) electrons. The van der Waals surface area contributed by atoms with Gasteiger partial charge in [0, 0.05) is 47.7 Å². The number of Topliss-reactive ketones (excluding diaryl/α,β-unsaturated/α-hetero) is 1. The predicted molar refractivity (Wildman–Crippen MR) is 96.6 cm³/mol. The summed E-state index contributed by atoms with van der Waals surface area (Å²) in [7, 11) is 0. The Hall–Kier alpha value is -2.66. The van der Waals surface area contributed by atoms with Crippen molar-refractivity contribution in [2.45, 2.75) is 19.9 Å². The number of aromatic amines is 1. The quantitative estimate of drug-likeness (QED) is 0.646. The van der Waals surface area contributed by atoms with E-state index in [-0.39, 0.29) is 5.78 Å². The average Bonchev–Trinajstić information content (AvgIpc) is 2.87. The van der Waals surface area contributed by atoms with E-state index >= 15 is 0 Å². The van der Waals surface area contributed by atoms with E-state index in [1.807, 2.05) is 25.3 Å². The largest absolute Gasteiger partial charge is 0.378 e. The van der Waals surface area contributed by atoms with Crippen LogP contribution in [0.2, 0.25) is 0 Å².